The van der Waals surface area contributed by atoms with E-state index in [2.05, 4.69) is 4.74 Å². The van der Waals surface area contributed by atoms with E-state index < -0.39 is 23.6 Å². The molecule has 4 nitrogen and oxygen atoms in total. The van der Waals surface area contributed by atoms with Crippen LogP contribution < -0.4 is 0 Å². The predicted octanol–water partition coefficient (Wildman–Crippen LogP) is 2.27. The maximum absolute atomic E-state index is 13.0. The number of benzene rings is 1. The molecule has 0 radical (unpaired) electrons. The van der Waals surface area contributed by atoms with Crippen LogP contribution in [0, 0.1) is 11.7 Å². The van der Waals surface area contributed by atoms with Gasteiger partial charge in [-0.1, -0.05) is 12.1 Å². The highest BCUT2D eigenvalue weighted by atomic mass is 19.1. The molecule has 0 aliphatic heterocycles. The van der Waals surface area contributed by atoms with Gasteiger partial charge in [-0.25, -0.2) is 4.39 Å². The molecule has 0 spiro atoms. The van der Waals surface area contributed by atoms with E-state index in [4.69, 9.17) is 0 Å². The van der Waals surface area contributed by atoms with Gasteiger partial charge < -0.3 is 9.53 Å². The monoisotopic (exact) mass is 280 g/mol. The summed E-state index contributed by atoms with van der Waals surface area (Å²) in [5, 5.41) is 0. The van der Waals surface area contributed by atoms with Crippen molar-refractivity contribution in [1.82, 2.24) is 0 Å². The van der Waals surface area contributed by atoms with Crippen LogP contribution in [0.25, 0.3) is 0 Å². The molecule has 20 heavy (non-hydrogen) atoms. The third-order valence-corrected chi connectivity index (χ3v) is 3.10. The van der Waals surface area contributed by atoms with Crippen molar-refractivity contribution < 1.29 is 23.5 Å². The van der Waals surface area contributed by atoms with Gasteiger partial charge in [0, 0.05) is 12.3 Å². The first-order chi connectivity index (χ1) is 9.36. The fourth-order valence-electron chi connectivity index (χ4n) is 2.19. The van der Waals surface area contributed by atoms with Crippen LogP contribution in [0.5, 0.6) is 0 Å². The Morgan fingerprint density at radius 1 is 1.15 bits per heavy atom. The van der Waals surface area contributed by atoms with E-state index in [9.17, 15) is 18.8 Å². The van der Waals surface area contributed by atoms with Crippen LogP contribution in [-0.4, -0.2) is 24.6 Å². The van der Waals surface area contributed by atoms with Crippen LogP contribution in [0.15, 0.2) is 24.3 Å². The maximum atomic E-state index is 13.0. The van der Waals surface area contributed by atoms with E-state index in [0.29, 0.717) is 5.56 Å². The van der Waals surface area contributed by atoms with E-state index in [1.165, 1.54) is 45.2 Å². The molecule has 2 atom stereocenters. The summed E-state index contributed by atoms with van der Waals surface area (Å²) in [4.78, 5) is 34.9. The molecule has 0 aliphatic carbocycles. The Hall–Kier alpha value is -2.04. The molecule has 0 amide bonds. The Bertz CT molecular complexity index is 507. The third kappa shape index (κ3) is 3.98. The largest absolute Gasteiger partial charge is 0.468 e. The summed E-state index contributed by atoms with van der Waals surface area (Å²) < 4.78 is 17.6. The van der Waals surface area contributed by atoms with Gasteiger partial charge in [0.25, 0.3) is 0 Å². The Morgan fingerprint density at radius 2 is 1.70 bits per heavy atom. The van der Waals surface area contributed by atoms with Gasteiger partial charge >= 0.3 is 5.97 Å². The van der Waals surface area contributed by atoms with Gasteiger partial charge in [0.2, 0.25) is 0 Å². The normalized spacial score (nSPS) is 13.4. The van der Waals surface area contributed by atoms with Crippen molar-refractivity contribution in [3.63, 3.8) is 0 Å². The molecule has 0 saturated carbocycles. The summed E-state index contributed by atoms with van der Waals surface area (Å²) in [6, 6.07) is 5.41. The van der Waals surface area contributed by atoms with Crippen molar-refractivity contribution in [1.29, 1.82) is 0 Å². The maximum Gasteiger partial charge on any atom is 0.316 e. The number of Topliss-reactive ketones (excluding diaryl/α,β-unsaturated/α-hetero) is 2. The van der Waals surface area contributed by atoms with Crippen molar-refractivity contribution in [3.8, 4) is 0 Å². The molecule has 1 rings (SSSR count). The molecule has 0 bridgehead atoms. The van der Waals surface area contributed by atoms with Gasteiger partial charge in [-0.15, -0.1) is 0 Å². The number of carbonyl (C=O) groups is 3. The zero-order valence-electron chi connectivity index (χ0n) is 11.7. The van der Waals surface area contributed by atoms with Gasteiger partial charge in [0.15, 0.2) is 0 Å². The summed E-state index contributed by atoms with van der Waals surface area (Å²) in [5.41, 5.74) is 0.562. The highest BCUT2D eigenvalue weighted by Crippen LogP contribution is 2.30. The summed E-state index contributed by atoms with van der Waals surface area (Å²) in [6.07, 6.45) is 0.0188. The van der Waals surface area contributed by atoms with E-state index in [-0.39, 0.29) is 18.0 Å². The van der Waals surface area contributed by atoms with E-state index in [1.807, 2.05) is 0 Å². The average Bonchev–Trinajstić information content (AvgIpc) is 2.37. The van der Waals surface area contributed by atoms with Gasteiger partial charge in [0.05, 0.1) is 7.11 Å². The van der Waals surface area contributed by atoms with Crippen molar-refractivity contribution >= 4 is 17.5 Å². The number of hydrogen-bond donors (Lipinski definition) is 0. The summed E-state index contributed by atoms with van der Waals surface area (Å²) in [6.45, 7) is 2.66. The lowest BCUT2D eigenvalue weighted by Gasteiger charge is -2.22. The van der Waals surface area contributed by atoms with Crippen LogP contribution in [-0.2, 0) is 19.1 Å². The molecule has 0 aliphatic rings. The Morgan fingerprint density at radius 3 is 2.10 bits per heavy atom. The summed E-state index contributed by atoms with van der Waals surface area (Å²) in [7, 11) is 1.19. The minimum Gasteiger partial charge on any atom is -0.468 e. The second kappa shape index (κ2) is 6.93. The van der Waals surface area contributed by atoms with Crippen molar-refractivity contribution in [3.05, 3.63) is 35.6 Å². The van der Waals surface area contributed by atoms with Crippen LogP contribution in [0.1, 0.15) is 31.7 Å². The van der Waals surface area contributed by atoms with E-state index in [1.54, 1.807) is 0 Å². The molecule has 1 aromatic carbocycles. The Labute approximate surface area is 116 Å². The molecular formula is C15H17FO4. The van der Waals surface area contributed by atoms with Gasteiger partial charge in [-0.05, 0) is 31.5 Å². The van der Waals surface area contributed by atoms with Crippen molar-refractivity contribution in [2.24, 2.45) is 5.92 Å². The second-order valence-electron chi connectivity index (χ2n) is 4.68. The lowest BCUT2D eigenvalue weighted by Crippen LogP contribution is -2.31. The topological polar surface area (TPSA) is 60.4 Å². The molecule has 0 fully saturated rings. The minimum atomic E-state index is -1.06. The lowest BCUT2D eigenvalue weighted by molar-refractivity contribution is -0.150. The standard InChI is InChI=1S/C15H17FO4/c1-9(17)8-13(11-4-6-12(16)7-5-11)14(10(2)18)15(19)20-3/h4-7,13-14H,8H2,1-3H3/t13-,14+/m1/s1. The first-order valence-corrected chi connectivity index (χ1v) is 6.20. The van der Waals surface area contributed by atoms with Gasteiger partial charge in [-0.3, -0.25) is 9.59 Å². The number of ketones is 2. The molecular weight excluding hydrogens is 263 g/mol. The smallest absolute Gasteiger partial charge is 0.316 e. The summed E-state index contributed by atoms with van der Waals surface area (Å²) >= 11 is 0. The first kappa shape index (κ1) is 16.0. The SMILES string of the molecule is COC(=O)[C@@H](C(C)=O)[C@H](CC(C)=O)c1ccc(F)cc1. The molecule has 108 valence electrons. The molecule has 0 unspecified atom stereocenters. The van der Waals surface area contributed by atoms with Crippen LogP contribution >= 0.6 is 0 Å². The molecule has 5 heteroatoms. The van der Waals surface area contributed by atoms with Crippen LogP contribution in [0.3, 0.4) is 0 Å². The number of esters is 1. The average molecular weight is 280 g/mol. The Balaban J connectivity index is 3.21. The molecule has 0 N–H and O–H groups in total. The number of carbonyl (C=O) groups excluding carboxylic acids is 3. The number of halogens is 1. The third-order valence-electron chi connectivity index (χ3n) is 3.10. The van der Waals surface area contributed by atoms with Gasteiger partial charge in [-0.2, -0.15) is 0 Å². The molecule has 0 aromatic heterocycles. The number of rotatable bonds is 6. The molecule has 0 saturated heterocycles. The molecule has 0 heterocycles. The number of hydrogen-bond acceptors (Lipinski definition) is 4. The number of methoxy groups -OCH3 is 1. The van der Waals surface area contributed by atoms with Crippen LogP contribution in [0.4, 0.5) is 4.39 Å². The Kier molecular flexibility index (Phi) is 5.55. The van der Waals surface area contributed by atoms with Crippen molar-refractivity contribution in [2.75, 3.05) is 7.11 Å². The highest BCUT2D eigenvalue weighted by Gasteiger charge is 2.35. The molecule has 1 aromatic rings. The van der Waals surface area contributed by atoms with E-state index >= 15 is 0 Å². The van der Waals surface area contributed by atoms with Gasteiger partial charge in [0.1, 0.15) is 23.3 Å². The summed E-state index contributed by atoms with van der Waals surface area (Å²) in [5.74, 6) is -3.35. The zero-order valence-corrected chi connectivity index (χ0v) is 11.7. The quantitative estimate of drug-likeness (QED) is 0.592. The zero-order chi connectivity index (χ0) is 15.3. The number of ether oxygens (including phenoxy) is 1. The van der Waals surface area contributed by atoms with E-state index in [0.717, 1.165) is 0 Å². The highest BCUT2D eigenvalue weighted by molar-refractivity contribution is 5.99. The fraction of sp³-hybridized carbons (Fsp3) is 0.400. The predicted molar refractivity (Wildman–Crippen MR) is 70.6 cm³/mol. The van der Waals surface area contributed by atoms with Crippen LogP contribution in [0.2, 0.25) is 0 Å². The van der Waals surface area contributed by atoms with Crippen molar-refractivity contribution in [2.45, 2.75) is 26.2 Å². The first-order valence-electron chi connectivity index (χ1n) is 6.20. The minimum absolute atomic E-state index is 0.0188. The fourth-order valence-corrected chi connectivity index (χ4v) is 2.19. The second-order valence-corrected chi connectivity index (χ2v) is 4.68. The lowest BCUT2D eigenvalue weighted by atomic mass is 9.80.